The second-order valence-electron chi connectivity index (χ2n) is 6.47. The molecule has 0 radical (unpaired) electrons. The average molecular weight is 366 g/mol. The van der Waals surface area contributed by atoms with E-state index in [-0.39, 0.29) is 12.3 Å². The molecule has 1 aliphatic rings. The number of carbonyl (C=O) groups excluding carboxylic acids is 1. The molecule has 8 heteroatoms. The summed E-state index contributed by atoms with van der Waals surface area (Å²) < 4.78 is 39.7. The standard InChI is InChI=1S/C18H21F3N4O/c19-18(20,21)14-7-5-13(6-8-14)12-17(26)22-10-9-16-24-23-15-4-2-1-3-11-25(15)16/h5-8H,1-4,9-12H2,(H,22,26). The van der Waals surface area contributed by atoms with E-state index < -0.39 is 11.7 Å². The van der Waals surface area contributed by atoms with Crippen LogP contribution in [-0.2, 0) is 36.8 Å². The van der Waals surface area contributed by atoms with E-state index in [1.807, 2.05) is 0 Å². The van der Waals surface area contributed by atoms with E-state index in [4.69, 9.17) is 0 Å². The molecule has 1 amide bonds. The van der Waals surface area contributed by atoms with Crippen LogP contribution in [-0.4, -0.2) is 27.2 Å². The summed E-state index contributed by atoms with van der Waals surface area (Å²) in [5, 5.41) is 11.2. The Hall–Kier alpha value is -2.38. The first-order chi connectivity index (χ1) is 12.4. The lowest BCUT2D eigenvalue weighted by Gasteiger charge is -2.09. The number of aromatic nitrogens is 3. The van der Waals surface area contributed by atoms with Crippen LogP contribution in [0.3, 0.4) is 0 Å². The van der Waals surface area contributed by atoms with Gasteiger partial charge in [0.2, 0.25) is 5.91 Å². The highest BCUT2D eigenvalue weighted by Gasteiger charge is 2.29. The fraction of sp³-hybridized carbons (Fsp3) is 0.500. The van der Waals surface area contributed by atoms with Gasteiger partial charge in [-0.15, -0.1) is 10.2 Å². The van der Waals surface area contributed by atoms with Gasteiger partial charge in [-0.3, -0.25) is 4.79 Å². The molecule has 0 bridgehead atoms. The Morgan fingerprint density at radius 2 is 1.88 bits per heavy atom. The number of aryl methyl sites for hydroxylation is 1. The number of hydrogen-bond acceptors (Lipinski definition) is 3. The molecule has 0 saturated carbocycles. The van der Waals surface area contributed by atoms with Crippen LogP contribution in [0.1, 0.15) is 42.0 Å². The molecule has 3 rings (SSSR count). The molecule has 0 fully saturated rings. The SMILES string of the molecule is O=C(Cc1ccc(C(F)(F)F)cc1)NCCc1nnc2n1CCCCC2. The van der Waals surface area contributed by atoms with Gasteiger partial charge in [0.25, 0.3) is 0 Å². The largest absolute Gasteiger partial charge is 0.416 e. The molecule has 0 saturated heterocycles. The zero-order chi connectivity index (χ0) is 18.6. The van der Waals surface area contributed by atoms with Gasteiger partial charge in [-0.05, 0) is 30.5 Å². The quantitative estimate of drug-likeness (QED) is 0.885. The van der Waals surface area contributed by atoms with Gasteiger partial charge >= 0.3 is 6.18 Å². The van der Waals surface area contributed by atoms with Gasteiger partial charge in [0.15, 0.2) is 0 Å². The topological polar surface area (TPSA) is 59.8 Å². The molecule has 2 aromatic rings. The third-order valence-corrected chi connectivity index (χ3v) is 4.50. The summed E-state index contributed by atoms with van der Waals surface area (Å²) >= 11 is 0. The molecule has 140 valence electrons. The molecular formula is C18H21F3N4O. The van der Waals surface area contributed by atoms with Crippen LogP contribution in [0.15, 0.2) is 24.3 Å². The molecule has 26 heavy (non-hydrogen) atoms. The Labute approximate surface area is 149 Å². The van der Waals surface area contributed by atoms with Crippen LogP contribution in [0, 0.1) is 0 Å². The van der Waals surface area contributed by atoms with Crippen molar-refractivity contribution in [3.63, 3.8) is 0 Å². The van der Waals surface area contributed by atoms with Crippen LogP contribution in [0.2, 0.25) is 0 Å². The predicted molar refractivity (Wildman–Crippen MR) is 89.4 cm³/mol. The zero-order valence-corrected chi connectivity index (χ0v) is 14.4. The van der Waals surface area contributed by atoms with Crippen molar-refractivity contribution in [2.45, 2.75) is 51.2 Å². The van der Waals surface area contributed by atoms with E-state index in [1.54, 1.807) is 0 Å². The maximum Gasteiger partial charge on any atom is 0.416 e. The number of rotatable bonds is 5. The van der Waals surface area contributed by atoms with Crippen molar-refractivity contribution in [2.75, 3.05) is 6.54 Å². The van der Waals surface area contributed by atoms with Gasteiger partial charge in [-0.1, -0.05) is 18.6 Å². The summed E-state index contributed by atoms with van der Waals surface area (Å²) in [6, 6.07) is 4.66. The smallest absolute Gasteiger partial charge is 0.355 e. The Balaban J connectivity index is 1.48. The minimum absolute atomic E-state index is 0.0517. The zero-order valence-electron chi connectivity index (χ0n) is 14.4. The van der Waals surface area contributed by atoms with E-state index in [0.717, 1.165) is 49.6 Å². The Kier molecular flexibility index (Phi) is 5.58. The first-order valence-corrected chi connectivity index (χ1v) is 8.77. The van der Waals surface area contributed by atoms with Gasteiger partial charge in [0.1, 0.15) is 11.6 Å². The van der Waals surface area contributed by atoms with Crippen LogP contribution in [0.25, 0.3) is 0 Å². The highest BCUT2D eigenvalue weighted by Crippen LogP contribution is 2.29. The van der Waals surface area contributed by atoms with Crippen molar-refractivity contribution >= 4 is 5.91 Å². The second kappa shape index (κ2) is 7.88. The molecule has 0 aliphatic carbocycles. The fourth-order valence-electron chi connectivity index (χ4n) is 3.10. The number of nitrogens with one attached hydrogen (secondary N) is 1. The second-order valence-corrected chi connectivity index (χ2v) is 6.47. The molecule has 1 aromatic heterocycles. The maximum atomic E-state index is 12.5. The highest BCUT2D eigenvalue weighted by molar-refractivity contribution is 5.78. The average Bonchev–Trinajstić information content (AvgIpc) is 2.82. The Bertz CT molecular complexity index is 753. The van der Waals surface area contributed by atoms with Crippen LogP contribution < -0.4 is 5.32 Å². The monoisotopic (exact) mass is 366 g/mol. The fourth-order valence-corrected chi connectivity index (χ4v) is 3.10. The minimum atomic E-state index is -4.36. The number of alkyl halides is 3. The van der Waals surface area contributed by atoms with Crippen molar-refractivity contribution < 1.29 is 18.0 Å². The minimum Gasteiger partial charge on any atom is -0.355 e. The number of benzene rings is 1. The van der Waals surface area contributed by atoms with Crippen molar-refractivity contribution in [3.05, 3.63) is 47.0 Å². The summed E-state index contributed by atoms with van der Waals surface area (Å²) in [7, 11) is 0. The molecule has 2 heterocycles. The summed E-state index contributed by atoms with van der Waals surface area (Å²) in [4.78, 5) is 12.0. The molecular weight excluding hydrogens is 345 g/mol. The predicted octanol–water partition coefficient (Wildman–Crippen LogP) is 2.92. The maximum absolute atomic E-state index is 12.5. The van der Waals surface area contributed by atoms with E-state index in [1.165, 1.54) is 18.6 Å². The van der Waals surface area contributed by atoms with Crippen LogP contribution in [0.5, 0.6) is 0 Å². The van der Waals surface area contributed by atoms with E-state index in [9.17, 15) is 18.0 Å². The third kappa shape index (κ3) is 4.62. The molecule has 0 spiro atoms. The molecule has 0 atom stereocenters. The van der Waals surface area contributed by atoms with Gasteiger partial charge in [0, 0.05) is 25.9 Å². The molecule has 1 aromatic carbocycles. The Morgan fingerprint density at radius 1 is 1.12 bits per heavy atom. The number of fused-ring (bicyclic) bond motifs is 1. The van der Waals surface area contributed by atoms with Gasteiger partial charge in [-0.25, -0.2) is 0 Å². The van der Waals surface area contributed by atoms with Crippen molar-refractivity contribution in [1.82, 2.24) is 20.1 Å². The normalized spacial score (nSPS) is 14.6. The lowest BCUT2D eigenvalue weighted by Crippen LogP contribution is -2.28. The van der Waals surface area contributed by atoms with Crippen molar-refractivity contribution in [3.8, 4) is 0 Å². The van der Waals surface area contributed by atoms with Crippen molar-refractivity contribution in [1.29, 1.82) is 0 Å². The van der Waals surface area contributed by atoms with Crippen molar-refractivity contribution in [2.24, 2.45) is 0 Å². The molecule has 0 unspecified atom stereocenters. The van der Waals surface area contributed by atoms with E-state index in [0.29, 0.717) is 18.5 Å². The van der Waals surface area contributed by atoms with Crippen LogP contribution >= 0.6 is 0 Å². The molecule has 1 N–H and O–H groups in total. The highest BCUT2D eigenvalue weighted by atomic mass is 19.4. The number of carbonyl (C=O) groups is 1. The summed E-state index contributed by atoms with van der Waals surface area (Å²) in [6.45, 7) is 1.34. The molecule has 5 nitrogen and oxygen atoms in total. The first kappa shape index (κ1) is 18.4. The number of nitrogens with zero attached hydrogens (tertiary/aromatic N) is 3. The lowest BCUT2D eigenvalue weighted by atomic mass is 10.1. The van der Waals surface area contributed by atoms with Gasteiger partial charge in [-0.2, -0.15) is 13.2 Å². The van der Waals surface area contributed by atoms with Gasteiger partial charge in [0.05, 0.1) is 12.0 Å². The molecule has 1 aliphatic heterocycles. The van der Waals surface area contributed by atoms with Crippen LogP contribution in [0.4, 0.5) is 13.2 Å². The van der Waals surface area contributed by atoms with Gasteiger partial charge < -0.3 is 9.88 Å². The summed E-state index contributed by atoms with van der Waals surface area (Å²) in [5.41, 5.74) is -0.166. The third-order valence-electron chi connectivity index (χ3n) is 4.50. The van der Waals surface area contributed by atoms with E-state index >= 15 is 0 Å². The number of halogens is 3. The van der Waals surface area contributed by atoms with E-state index in [2.05, 4.69) is 20.1 Å². The summed E-state index contributed by atoms with van der Waals surface area (Å²) in [5.74, 6) is 1.66. The number of amides is 1. The number of hydrogen-bond donors (Lipinski definition) is 1. The Morgan fingerprint density at radius 3 is 2.62 bits per heavy atom. The summed E-state index contributed by atoms with van der Waals surface area (Å²) in [6.07, 6.45) is 0.638. The first-order valence-electron chi connectivity index (χ1n) is 8.77. The lowest BCUT2D eigenvalue weighted by molar-refractivity contribution is -0.137.